The van der Waals surface area contributed by atoms with E-state index in [4.69, 9.17) is 4.74 Å². The van der Waals surface area contributed by atoms with E-state index in [9.17, 15) is 9.59 Å². The van der Waals surface area contributed by atoms with Crippen molar-refractivity contribution in [3.05, 3.63) is 0 Å². The minimum atomic E-state index is -0.0918. The Morgan fingerprint density at radius 3 is 2.48 bits per heavy atom. The maximum absolute atomic E-state index is 11.8. The fraction of sp³-hybridized carbons (Fsp3) is 0.833. The second-order valence-corrected chi connectivity index (χ2v) is 6.38. The van der Waals surface area contributed by atoms with Gasteiger partial charge < -0.3 is 20.3 Å². The van der Waals surface area contributed by atoms with E-state index in [1.807, 2.05) is 27.7 Å². The van der Waals surface area contributed by atoms with Gasteiger partial charge in [-0.25, -0.2) is 0 Å². The zero-order chi connectivity index (χ0) is 18.7. The summed E-state index contributed by atoms with van der Waals surface area (Å²) in [6.45, 7) is 11.1. The number of aliphatic imine (C=N–C) groups is 1. The predicted octanol–water partition coefficient (Wildman–Crippen LogP) is 1.53. The molecule has 0 aliphatic carbocycles. The lowest BCUT2D eigenvalue weighted by atomic mass is 9.97. The van der Waals surface area contributed by atoms with Crippen LogP contribution in [0.4, 0.5) is 0 Å². The van der Waals surface area contributed by atoms with Crippen molar-refractivity contribution in [3.8, 4) is 0 Å². The van der Waals surface area contributed by atoms with E-state index in [0.717, 1.165) is 44.9 Å². The van der Waals surface area contributed by atoms with Crippen molar-refractivity contribution in [2.24, 2.45) is 10.9 Å². The molecule has 0 aromatic heterocycles. The van der Waals surface area contributed by atoms with Gasteiger partial charge in [-0.3, -0.25) is 14.6 Å². The van der Waals surface area contributed by atoms with E-state index in [2.05, 4.69) is 20.5 Å². The van der Waals surface area contributed by atoms with Gasteiger partial charge >= 0.3 is 5.97 Å². The van der Waals surface area contributed by atoms with E-state index in [-0.39, 0.29) is 23.8 Å². The van der Waals surface area contributed by atoms with Crippen LogP contribution in [0.15, 0.2) is 4.99 Å². The number of amides is 1. The first kappa shape index (κ1) is 21.3. The van der Waals surface area contributed by atoms with E-state index in [1.165, 1.54) is 0 Å². The average Bonchev–Trinajstić information content (AvgIpc) is 2.61. The van der Waals surface area contributed by atoms with Gasteiger partial charge in [0.05, 0.1) is 19.1 Å². The summed E-state index contributed by atoms with van der Waals surface area (Å²) >= 11 is 0. The van der Waals surface area contributed by atoms with Gasteiger partial charge in [0.25, 0.3) is 0 Å². The Labute approximate surface area is 151 Å². The first-order chi connectivity index (χ1) is 12.0. The maximum Gasteiger partial charge on any atom is 0.309 e. The van der Waals surface area contributed by atoms with Crippen molar-refractivity contribution >= 4 is 17.8 Å². The topological polar surface area (TPSA) is 83.0 Å². The monoisotopic (exact) mass is 354 g/mol. The Morgan fingerprint density at radius 2 is 1.92 bits per heavy atom. The summed E-state index contributed by atoms with van der Waals surface area (Å²) < 4.78 is 5.11. The first-order valence-corrected chi connectivity index (χ1v) is 9.50. The quantitative estimate of drug-likeness (QED) is 0.392. The summed E-state index contributed by atoms with van der Waals surface area (Å²) in [5.41, 5.74) is 0. The van der Waals surface area contributed by atoms with Crippen LogP contribution in [0.3, 0.4) is 0 Å². The molecule has 1 rings (SSSR count). The van der Waals surface area contributed by atoms with Crippen LogP contribution >= 0.6 is 0 Å². The SMILES string of the molecule is CCNC(=NCCC(=O)NC(C)CC)N1CCC(C(=O)OCC)CC1. The summed E-state index contributed by atoms with van der Waals surface area (Å²) in [4.78, 5) is 30.4. The zero-order valence-electron chi connectivity index (χ0n) is 16.1. The number of esters is 1. The van der Waals surface area contributed by atoms with Crippen molar-refractivity contribution in [1.29, 1.82) is 0 Å². The van der Waals surface area contributed by atoms with Gasteiger partial charge in [0.2, 0.25) is 5.91 Å². The van der Waals surface area contributed by atoms with Gasteiger partial charge in [0.15, 0.2) is 5.96 Å². The van der Waals surface area contributed by atoms with Gasteiger partial charge in [-0.1, -0.05) is 6.92 Å². The molecule has 1 fully saturated rings. The smallest absolute Gasteiger partial charge is 0.309 e. The van der Waals surface area contributed by atoms with Crippen LogP contribution in [0, 0.1) is 5.92 Å². The van der Waals surface area contributed by atoms with Crippen molar-refractivity contribution < 1.29 is 14.3 Å². The van der Waals surface area contributed by atoms with E-state index >= 15 is 0 Å². The predicted molar refractivity (Wildman–Crippen MR) is 99.4 cm³/mol. The Kier molecular flexibility index (Phi) is 9.96. The second-order valence-electron chi connectivity index (χ2n) is 6.38. The summed E-state index contributed by atoms with van der Waals surface area (Å²) in [6, 6.07) is 0.201. The molecule has 0 aromatic carbocycles. The summed E-state index contributed by atoms with van der Waals surface area (Å²) in [7, 11) is 0. The molecule has 1 saturated heterocycles. The number of hydrogen-bond acceptors (Lipinski definition) is 4. The standard InChI is InChI=1S/C18H34N4O3/c1-5-14(4)21-16(23)8-11-20-18(19-6-2)22-12-9-15(10-13-22)17(24)25-7-3/h14-15H,5-13H2,1-4H3,(H,19,20)(H,21,23). The molecule has 0 spiro atoms. The molecule has 1 aliphatic rings. The minimum absolute atomic E-state index is 0.0135. The first-order valence-electron chi connectivity index (χ1n) is 9.50. The van der Waals surface area contributed by atoms with Gasteiger partial charge in [-0.2, -0.15) is 0 Å². The molecule has 0 radical (unpaired) electrons. The minimum Gasteiger partial charge on any atom is -0.466 e. The molecule has 0 saturated carbocycles. The van der Waals surface area contributed by atoms with Crippen molar-refractivity contribution in [3.63, 3.8) is 0 Å². The number of rotatable bonds is 8. The fourth-order valence-electron chi connectivity index (χ4n) is 2.73. The van der Waals surface area contributed by atoms with Gasteiger partial charge in [0, 0.05) is 32.1 Å². The van der Waals surface area contributed by atoms with Crippen LogP contribution in [-0.4, -0.2) is 61.6 Å². The molecular weight excluding hydrogens is 320 g/mol. The van der Waals surface area contributed by atoms with Gasteiger partial charge in [-0.15, -0.1) is 0 Å². The highest BCUT2D eigenvalue weighted by molar-refractivity contribution is 5.81. The number of hydrogen-bond donors (Lipinski definition) is 2. The number of ether oxygens (including phenoxy) is 1. The lowest BCUT2D eigenvalue weighted by Gasteiger charge is -2.33. The van der Waals surface area contributed by atoms with Crippen molar-refractivity contribution in [1.82, 2.24) is 15.5 Å². The molecule has 0 aromatic rings. The third-order valence-corrected chi connectivity index (χ3v) is 4.37. The Bertz CT molecular complexity index is 446. The number of nitrogens with one attached hydrogen (secondary N) is 2. The average molecular weight is 354 g/mol. The number of carbonyl (C=O) groups excluding carboxylic acids is 2. The molecule has 7 heteroatoms. The van der Waals surface area contributed by atoms with Crippen LogP contribution in [-0.2, 0) is 14.3 Å². The van der Waals surface area contributed by atoms with Crippen LogP contribution in [0.25, 0.3) is 0 Å². The van der Waals surface area contributed by atoms with E-state index in [1.54, 1.807) is 0 Å². The third kappa shape index (κ3) is 7.75. The molecule has 7 nitrogen and oxygen atoms in total. The second kappa shape index (κ2) is 11.7. The summed E-state index contributed by atoms with van der Waals surface area (Å²) in [5, 5.41) is 6.23. The van der Waals surface area contributed by atoms with E-state index in [0.29, 0.717) is 19.6 Å². The van der Waals surface area contributed by atoms with Crippen molar-refractivity contribution in [2.75, 3.05) is 32.8 Å². The maximum atomic E-state index is 11.8. The summed E-state index contributed by atoms with van der Waals surface area (Å²) in [6.07, 6.45) is 2.86. The summed E-state index contributed by atoms with van der Waals surface area (Å²) in [5.74, 6) is 0.752. The van der Waals surface area contributed by atoms with Gasteiger partial charge in [0.1, 0.15) is 0 Å². The Balaban J connectivity index is 2.48. The normalized spacial score (nSPS) is 17.1. The number of guanidine groups is 1. The molecule has 0 bridgehead atoms. The van der Waals surface area contributed by atoms with Crippen LogP contribution in [0.2, 0.25) is 0 Å². The molecular formula is C18H34N4O3. The Morgan fingerprint density at radius 1 is 1.24 bits per heavy atom. The molecule has 144 valence electrons. The molecule has 1 aliphatic heterocycles. The van der Waals surface area contributed by atoms with Crippen LogP contribution in [0.1, 0.15) is 53.4 Å². The third-order valence-electron chi connectivity index (χ3n) is 4.37. The lowest BCUT2D eigenvalue weighted by Crippen LogP contribution is -2.46. The largest absolute Gasteiger partial charge is 0.466 e. The molecule has 1 unspecified atom stereocenters. The lowest BCUT2D eigenvalue weighted by molar-refractivity contribution is -0.149. The Hall–Kier alpha value is -1.79. The molecule has 2 N–H and O–H groups in total. The molecule has 1 amide bonds. The number of nitrogens with zero attached hydrogens (tertiary/aromatic N) is 2. The molecule has 1 atom stereocenters. The number of carbonyl (C=O) groups is 2. The van der Waals surface area contributed by atoms with Crippen LogP contribution in [0.5, 0.6) is 0 Å². The fourth-order valence-corrected chi connectivity index (χ4v) is 2.73. The van der Waals surface area contributed by atoms with Gasteiger partial charge in [-0.05, 0) is 40.0 Å². The number of piperidine rings is 1. The highest BCUT2D eigenvalue weighted by Gasteiger charge is 2.27. The zero-order valence-corrected chi connectivity index (χ0v) is 16.1. The van der Waals surface area contributed by atoms with E-state index < -0.39 is 0 Å². The number of likely N-dealkylation sites (tertiary alicyclic amines) is 1. The molecule has 25 heavy (non-hydrogen) atoms. The van der Waals surface area contributed by atoms with Crippen LogP contribution < -0.4 is 10.6 Å². The highest BCUT2D eigenvalue weighted by Crippen LogP contribution is 2.18. The highest BCUT2D eigenvalue weighted by atomic mass is 16.5. The van der Waals surface area contributed by atoms with Crippen molar-refractivity contribution in [2.45, 2.75) is 59.4 Å². The molecule has 1 heterocycles.